The summed E-state index contributed by atoms with van der Waals surface area (Å²) in [4.78, 5) is 0. The molecule has 0 aliphatic carbocycles. The van der Waals surface area contributed by atoms with Crippen LogP contribution in [0.2, 0.25) is 0 Å². The number of nitrogens with zero attached hydrogens (tertiary/aromatic N) is 2. The second-order valence-electron chi connectivity index (χ2n) is 1.51. The van der Waals surface area contributed by atoms with Crippen LogP contribution in [0.15, 0.2) is 17.1 Å². The Hall–Kier alpha value is -1.43. The molecule has 0 fully saturated rings. The Bertz CT molecular complexity index is 173. The monoisotopic (exact) mass is 129 g/mol. The van der Waals surface area contributed by atoms with E-state index in [4.69, 9.17) is 16.7 Å². The largest absolute Gasteiger partial charge is 0.493 e. The maximum absolute atomic E-state index is 8.72. The van der Waals surface area contributed by atoms with Crippen molar-refractivity contribution >= 4 is 5.84 Å². The van der Waals surface area contributed by atoms with Crippen molar-refractivity contribution in [3.63, 3.8) is 0 Å². The number of aliphatic hydroxyl groups is 1. The average Bonchev–Trinajstić information content (AvgIpc) is 1.59. The van der Waals surface area contributed by atoms with Crippen molar-refractivity contribution in [3.05, 3.63) is 12.0 Å². The van der Waals surface area contributed by atoms with Gasteiger partial charge in [0.1, 0.15) is 0 Å². The number of amidine groups is 1. The molecule has 0 atom stereocenters. The Morgan fingerprint density at radius 3 is 2.89 bits per heavy atom. The lowest BCUT2D eigenvalue weighted by molar-refractivity contribution is 0.168. The van der Waals surface area contributed by atoms with E-state index < -0.39 is 0 Å². The van der Waals surface area contributed by atoms with Crippen molar-refractivity contribution in [1.29, 1.82) is 0 Å². The summed E-state index contributed by atoms with van der Waals surface area (Å²) in [6, 6.07) is 0. The topological polar surface area (TPSA) is 99.9 Å². The Balaban J connectivity index is 2.74. The van der Waals surface area contributed by atoms with Gasteiger partial charge in [0.05, 0.1) is 0 Å². The number of hydrogen-bond acceptors (Lipinski definition) is 6. The number of hydrogen-bond donors (Lipinski definition) is 4. The molecule has 6 N–H and O–H groups in total. The molecule has 0 bridgehead atoms. The first kappa shape index (κ1) is 5.70. The van der Waals surface area contributed by atoms with E-state index in [1.165, 1.54) is 6.08 Å². The third-order valence-corrected chi connectivity index (χ3v) is 0.737. The van der Waals surface area contributed by atoms with Crippen molar-refractivity contribution < 1.29 is 5.11 Å². The van der Waals surface area contributed by atoms with Crippen molar-refractivity contribution in [3.8, 4) is 0 Å². The molecule has 6 heteroatoms. The smallest absolute Gasteiger partial charge is 0.209 e. The van der Waals surface area contributed by atoms with Crippen LogP contribution in [0.1, 0.15) is 0 Å². The Kier molecular flexibility index (Phi) is 1.16. The molecule has 0 aromatic rings. The number of nitrogens with two attached hydrogens (primary N) is 2. The molecule has 50 valence electrons. The van der Waals surface area contributed by atoms with Crippen molar-refractivity contribution in [2.24, 2.45) is 16.7 Å². The SMILES string of the molecule is NC1=NN(N)NC(O)=C1. The summed E-state index contributed by atoms with van der Waals surface area (Å²) in [6.07, 6.45) is 1.25. The van der Waals surface area contributed by atoms with Crippen LogP contribution in [0.5, 0.6) is 0 Å². The summed E-state index contributed by atoms with van der Waals surface area (Å²) < 4.78 is 0. The zero-order valence-corrected chi connectivity index (χ0v) is 4.57. The number of rotatable bonds is 0. The van der Waals surface area contributed by atoms with E-state index in [9.17, 15) is 0 Å². The molecule has 1 aliphatic heterocycles. The maximum Gasteiger partial charge on any atom is 0.209 e. The van der Waals surface area contributed by atoms with E-state index in [2.05, 4.69) is 10.5 Å². The van der Waals surface area contributed by atoms with Crippen molar-refractivity contribution in [2.45, 2.75) is 0 Å². The van der Waals surface area contributed by atoms with E-state index in [-0.39, 0.29) is 11.7 Å². The molecule has 1 aliphatic rings. The van der Waals surface area contributed by atoms with Gasteiger partial charge in [0.15, 0.2) is 5.84 Å². The lowest BCUT2D eigenvalue weighted by Gasteiger charge is -2.17. The quantitative estimate of drug-likeness (QED) is 0.294. The molecule has 1 heterocycles. The number of hydrazone groups is 1. The molecule has 0 amide bonds. The second kappa shape index (κ2) is 1.82. The lowest BCUT2D eigenvalue weighted by atomic mass is 10.5. The minimum absolute atomic E-state index is 0.120. The summed E-state index contributed by atoms with van der Waals surface area (Å²) in [5.74, 6) is 5.11. The average molecular weight is 129 g/mol. The molecule has 1 rings (SSSR count). The van der Waals surface area contributed by atoms with Gasteiger partial charge in [-0.15, -0.1) is 10.3 Å². The number of nitrogens with one attached hydrogen (secondary N) is 1. The van der Waals surface area contributed by atoms with Gasteiger partial charge in [-0.1, -0.05) is 0 Å². The van der Waals surface area contributed by atoms with E-state index in [0.29, 0.717) is 0 Å². The van der Waals surface area contributed by atoms with E-state index in [0.717, 1.165) is 5.23 Å². The zero-order chi connectivity index (χ0) is 6.85. The van der Waals surface area contributed by atoms with Gasteiger partial charge in [-0.05, 0) is 0 Å². The summed E-state index contributed by atoms with van der Waals surface area (Å²) in [5, 5.41) is 13.0. The normalized spacial score (nSPS) is 18.1. The van der Waals surface area contributed by atoms with E-state index in [1.54, 1.807) is 0 Å². The van der Waals surface area contributed by atoms with Crippen LogP contribution in [0, 0.1) is 0 Å². The molecular weight excluding hydrogens is 122 g/mol. The zero-order valence-electron chi connectivity index (χ0n) is 4.57. The predicted octanol–water partition coefficient (Wildman–Crippen LogP) is -1.65. The molecule has 0 saturated carbocycles. The molecule has 0 spiro atoms. The summed E-state index contributed by atoms with van der Waals surface area (Å²) in [5.41, 5.74) is 7.44. The molecule has 0 saturated heterocycles. The van der Waals surface area contributed by atoms with Crippen LogP contribution in [-0.2, 0) is 0 Å². The molecule has 9 heavy (non-hydrogen) atoms. The fourth-order valence-electron chi connectivity index (χ4n) is 0.468. The number of aliphatic hydroxyl groups excluding tert-OH is 1. The lowest BCUT2D eigenvalue weighted by Crippen LogP contribution is -2.43. The summed E-state index contributed by atoms with van der Waals surface area (Å²) in [7, 11) is 0. The summed E-state index contributed by atoms with van der Waals surface area (Å²) >= 11 is 0. The Morgan fingerprint density at radius 1 is 1.78 bits per heavy atom. The third-order valence-electron chi connectivity index (χ3n) is 0.737. The highest BCUT2D eigenvalue weighted by Crippen LogP contribution is 1.90. The highest BCUT2D eigenvalue weighted by atomic mass is 16.3. The Morgan fingerprint density at radius 2 is 2.44 bits per heavy atom. The first-order valence-corrected chi connectivity index (χ1v) is 2.25. The first-order chi connectivity index (χ1) is 4.18. The van der Waals surface area contributed by atoms with E-state index in [1.807, 2.05) is 0 Å². The van der Waals surface area contributed by atoms with Gasteiger partial charge in [-0.3, -0.25) is 0 Å². The van der Waals surface area contributed by atoms with Crippen molar-refractivity contribution in [2.75, 3.05) is 0 Å². The van der Waals surface area contributed by atoms with Crippen LogP contribution in [0.4, 0.5) is 0 Å². The molecule has 0 aromatic heterocycles. The van der Waals surface area contributed by atoms with Gasteiger partial charge < -0.3 is 10.8 Å². The third kappa shape index (κ3) is 1.23. The van der Waals surface area contributed by atoms with Crippen LogP contribution in [0.3, 0.4) is 0 Å². The minimum atomic E-state index is -0.120. The van der Waals surface area contributed by atoms with Gasteiger partial charge in [-0.2, -0.15) is 0 Å². The van der Waals surface area contributed by atoms with Crippen molar-refractivity contribution in [1.82, 2.24) is 10.7 Å². The van der Waals surface area contributed by atoms with Gasteiger partial charge in [0.2, 0.25) is 5.88 Å². The number of hydrazine groups is 2. The highest BCUT2D eigenvalue weighted by Gasteiger charge is 2.03. The Labute approximate surface area is 51.4 Å². The van der Waals surface area contributed by atoms with Gasteiger partial charge in [0.25, 0.3) is 0 Å². The molecule has 0 aromatic carbocycles. The van der Waals surface area contributed by atoms with Crippen LogP contribution in [0.25, 0.3) is 0 Å². The first-order valence-electron chi connectivity index (χ1n) is 2.25. The highest BCUT2D eigenvalue weighted by molar-refractivity contribution is 5.91. The fraction of sp³-hybridized carbons (Fsp3) is 0. The molecule has 6 nitrogen and oxygen atoms in total. The molecule has 0 unspecified atom stereocenters. The summed E-state index contributed by atoms with van der Waals surface area (Å²) in [6.45, 7) is 0. The maximum atomic E-state index is 8.72. The van der Waals surface area contributed by atoms with Gasteiger partial charge >= 0.3 is 0 Å². The van der Waals surface area contributed by atoms with Gasteiger partial charge in [-0.25, -0.2) is 11.3 Å². The van der Waals surface area contributed by atoms with Gasteiger partial charge in [0, 0.05) is 6.08 Å². The standard InChI is InChI=1S/C3H7N5O/c4-2-1-3(9)7-8(5)6-2/h1,7,9H,5H2,(H2,4,6). The fourth-order valence-corrected chi connectivity index (χ4v) is 0.468. The molecular formula is C3H7N5O. The minimum Gasteiger partial charge on any atom is -0.493 e. The van der Waals surface area contributed by atoms with E-state index >= 15 is 0 Å². The van der Waals surface area contributed by atoms with Crippen LogP contribution in [-0.4, -0.2) is 16.2 Å². The van der Waals surface area contributed by atoms with Crippen LogP contribution < -0.4 is 17.0 Å². The second-order valence-corrected chi connectivity index (χ2v) is 1.51. The molecule has 0 radical (unpaired) electrons. The van der Waals surface area contributed by atoms with Crippen LogP contribution >= 0.6 is 0 Å². The predicted molar refractivity (Wildman–Crippen MR) is 31.5 cm³/mol.